The molecule has 1 aromatic carbocycles. The first-order valence-corrected chi connectivity index (χ1v) is 9.72. The second kappa shape index (κ2) is 7.89. The van der Waals surface area contributed by atoms with Crippen LogP contribution >= 0.6 is 11.8 Å². The summed E-state index contributed by atoms with van der Waals surface area (Å²) in [6.45, 7) is 3.94. The number of carbonyl (C=O) groups excluding carboxylic acids is 1. The Morgan fingerprint density at radius 2 is 1.96 bits per heavy atom. The quantitative estimate of drug-likeness (QED) is 0.483. The lowest BCUT2D eigenvalue weighted by molar-refractivity contribution is 0.0600. The molecule has 1 fully saturated rings. The highest BCUT2D eigenvalue weighted by atomic mass is 32.2. The van der Waals surface area contributed by atoms with Gasteiger partial charge in [0.15, 0.2) is 11.0 Å². The molecule has 0 bridgehead atoms. The monoisotopic (exact) mass is 396 g/mol. The van der Waals surface area contributed by atoms with E-state index in [1.807, 2.05) is 31.2 Å². The van der Waals surface area contributed by atoms with E-state index in [4.69, 9.17) is 4.74 Å². The molecule has 28 heavy (non-hydrogen) atoms. The first kappa shape index (κ1) is 18.3. The topological polar surface area (TPSA) is 96.0 Å². The van der Waals surface area contributed by atoms with Gasteiger partial charge in [-0.2, -0.15) is 5.10 Å². The number of methoxy groups -OCH3 is 1. The molecule has 3 heterocycles. The fraction of sp³-hybridized carbons (Fsp3) is 0.263. The van der Waals surface area contributed by atoms with Crippen molar-refractivity contribution in [3.63, 3.8) is 0 Å². The molecule has 2 N–H and O–H groups in total. The molecule has 4 rings (SSSR count). The van der Waals surface area contributed by atoms with Crippen LogP contribution in [0.25, 0.3) is 0 Å². The summed E-state index contributed by atoms with van der Waals surface area (Å²) < 4.78 is 4.74. The molecule has 1 saturated heterocycles. The highest BCUT2D eigenvalue weighted by Crippen LogP contribution is 2.30. The summed E-state index contributed by atoms with van der Waals surface area (Å²) in [4.78, 5) is 24.0. The predicted molar refractivity (Wildman–Crippen MR) is 107 cm³/mol. The zero-order chi connectivity index (χ0) is 19.5. The molecule has 0 atom stereocenters. The maximum absolute atomic E-state index is 11.6. The van der Waals surface area contributed by atoms with Gasteiger partial charge in [0.1, 0.15) is 11.6 Å². The molecule has 0 radical (unpaired) electrons. The molecule has 0 amide bonds. The fourth-order valence-electron chi connectivity index (χ4n) is 2.73. The normalized spacial score (nSPS) is 13.1. The van der Waals surface area contributed by atoms with E-state index in [0.717, 1.165) is 29.5 Å². The van der Waals surface area contributed by atoms with Crippen molar-refractivity contribution in [3.05, 3.63) is 47.7 Å². The Bertz CT molecular complexity index is 984. The summed E-state index contributed by atoms with van der Waals surface area (Å²) in [5.41, 5.74) is 1.48. The molecule has 0 saturated carbocycles. The zero-order valence-corrected chi connectivity index (χ0v) is 16.4. The van der Waals surface area contributed by atoms with Crippen molar-refractivity contribution >= 4 is 35.2 Å². The highest BCUT2D eigenvalue weighted by molar-refractivity contribution is 7.99. The number of ether oxygens (including phenoxy) is 1. The minimum atomic E-state index is -0.353. The maximum Gasteiger partial charge on any atom is 0.337 e. The minimum Gasteiger partial charge on any atom is -0.465 e. The van der Waals surface area contributed by atoms with E-state index in [0.29, 0.717) is 22.4 Å². The summed E-state index contributed by atoms with van der Waals surface area (Å²) in [5, 5.41) is 11.0. The van der Waals surface area contributed by atoms with Crippen molar-refractivity contribution in [1.82, 2.24) is 20.2 Å². The molecule has 8 nitrogen and oxygen atoms in total. The number of benzene rings is 1. The standard InChI is InChI=1S/C19H20N6O2S/c1-12-10-16(24-23-12)20-15-11-17(25-8-3-9-25)22-19(21-15)28-14-6-4-13(5-7-14)18(26)27-2/h4-7,10-11H,3,8-9H2,1-2H3,(H2,20,21,22,23,24). The average molecular weight is 396 g/mol. The average Bonchev–Trinajstić information content (AvgIpc) is 3.05. The van der Waals surface area contributed by atoms with E-state index in [2.05, 4.69) is 30.4 Å². The Morgan fingerprint density at radius 1 is 1.18 bits per heavy atom. The van der Waals surface area contributed by atoms with E-state index < -0.39 is 0 Å². The largest absolute Gasteiger partial charge is 0.465 e. The molecular weight excluding hydrogens is 376 g/mol. The second-order valence-corrected chi connectivity index (χ2v) is 7.45. The number of hydrogen-bond donors (Lipinski definition) is 2. The van der Waals surface area contributed by atoms with Crippen molar-refractivity contribution < 1.29 is 9.53 Å². The van der Waals surface area contributed by atoms with Gasteiger partial charge >= 0.3 is 5.97 Å². The maximum atomic E-state index is 11.6. The minimum absolute atomic E-state index is 0.353. The first-order valence-electron chi connectivity index (χ1n) is 8.90. The van der Waals surface area contributed by atoms with E-state index in [-0.39, 0.29) is 5.97 Å². The van der Waals surface area contributed by atoms with Crippen LogP contribution in [0.5, 0.6) is 0 Å². The van der Waals surface area contributed by atoms with Crippen LogP contribution in [0.15, 0.2) is 46.5 Å². The molecule has 0 spiro atoms. The Hall–Kier alpha value is -3.07. The number of esters is 1. The third-order valence-corrected chi connectivity index (χ3v) is 5.19. The van der Waals surface area contributed by atoms with Gasteiger partial charge in [-0.25, -0.2) is 14.8 Å². The second-order valence-electron chi connectivity index (χ2n) is 6.41. The van der Waals surface area contributed by atoms with Gasteiger partial charge in [0.2, 0.25) is 0 Å². The summed E-state index contributed by atoms with van der Waals surface area (Å²) in [6.07, 6.45) is 1.17. The smallest absolute Gasteiger partial charge is 0.337 e. The number of rotatable bonds is 6. The number of aromatic amines is 1. The lowest BCUT2D eigenvalue weighted by Gasteiger charge is -2.32. The number of H-pyrrole nitrogens is 1. The van der Waals surface area contributed by atoms with Crippen LogP contribution in [0, 0.1) is 6.92 Å². The van der Waals surface area contributed by atoms with Crippen LogP contribution in [0.4, 0.5) is 17.5 Å². The number of carbonyl (C=O) groups is 1. The number of aromatic nitrogens is 4. The number of nitrogens with one attached hydrogen (secondary N) is 2. The number of hydrogen-bond acceptors (Lipinski definition) is 8. The molecule has 9 heteroatoms. The van der Waals surface area contributed by atoms with Crippen molar-refractivity contribution in [2.24, 2.45) is 0 Å². The lowest BCUT2D eigenvalue weighted by atomic mass is 10.2. The molecule has 2 aromatic heterocycles. The Labute approximate surface area is 166 Å². The zero-order valence-electron chi connectivity index (χ0n) is 15.6. The van der Waals surface area contributed by atoms with Crippen LogP contribution in [0.2, 0.25) is 0 Å². The van der Waals surface area contributed by atoms with E-state index in [1.54, 1.807) is 12.1 Å². The molecule has 144 valence electrons. The van der Waals surface area contributed by atoms with Gasteiger partial charge < -0.3 is 15.0 Å². The predicted octanol–water partition coefficient (Wildman–Crippen LogP) is 3.40. The summed E-state index contributed by atoms with van der Waals surface area (Å²) in [6, 6.07) is 11.1. The molecule has 1 aliphatic heterocycles. The molecular formula is C19H20N6O2S. The van der Waals surface area contributed by atoms with Crippen LogP contribution in [0.3, 0.4) is 0 Å². The summed E-state index contributed by atoms with van der Waals surface area (Å²) in [5.74, 6) is 1.94. The van der Waals surface area contributed by atoms with Gasteiger partial charge in [0.25, 0.3) is 0 Å². The van der Waals surface area contributed by atoms with Gasteiger partial charge in [0.05, 0.1) is 12.7 Å². The van der Waals surface area contributed by atoms with Crippen molar-refractivity contribution in [2.45, 2.75) is 23.4 Å². The first-order chi connectivity index (χ1) is 13.6. The summed E-state index contributed by atoms with van der Waals surface area (Å²) >= 11 is 1.44. The van der Waals surface area contributed by atoms with Crippen LogP contribution in [0.1, 0.15) is 22.5 Å². The van der Waals surface area contributed by atoms with Gasteiger partial charge in [-0.05, 0) is 49.4 Å². The van der Waals surface area contributed by atoms with Crippen LogP contribution < -0.4 is 10.2 Å². The number of nitrogens with zero attached hydrogens (tertiary/aromatic N) is 4. The van der Waals surface area contributed by atoms with E-state index in [9.17, 15) is 4.79 Å². The third kappa shape index (κ3) is 4.09. The molecule has 0 unspecified atom stereocenters. The van der Waals surface area contributed by atoms with E-state index in [1.165, 1.54) is 25.3 Å². The van der Waals surface area contributed by atoms with Gasteiger partial charge in [0, 0.05) is 35.8 Å². The SMILES string of the molecule is COC(=O)c1ccc(Sc2nc(Nc3cc(C)[nH]n3)cc(N3CCC3)n2)cc1. The molecule has 1 aliphatic rings. The third-order valence-electron chi connectivity index (χ3n) is 4.32. The number of aryl methyl sites for hydroxylation is 1. The number of anilines is 3. The highest BCUT2D eigenvalue weighted by Gasteiger charge is 2.18. The van der Waals surface area contributed by atoms with Crippen molar-refractivity contribution in [2.75, 3.05) is 30.4 Å². The van der Waals surface area contributed by atoms with Crippen molar-refractivity contribution in [1.29, 1.82) is 0 Å². The Morgan fingerprint density at radius 3 is 2.57 bits per heavy atom. The van der Waals surface area contributed by atoms with Crippen LogP contribution in [-0.4, -0.2) is 46.3 Å². The fourth-order valence-corrected chi connectivity index (χ4v) is 3.49. The Kier molecular flexibility index (Phi) is 5.16. The van der Waals surface area contributed by atoms with Gasteiger partial charge in [-0.3, -0.25) is 5.10 Å². The van der Waals surface area contributed by atoms with Gasteiger partial charge in [-0.1, -0.05) is 0 Å². The molecule has 0 aliphatic carbocycles. The van der Waals surface area contributed by atoms with E-state index >= 15 is 0 Å². The van der Waals surface area contributed by atoms with Crippen LogP contribution in [-0.2, 0) is 4.74 Å². The molecule has 3 aromatic rings. The van der Waals surface area contributed by atoms with Crippen molar-refractivity contribution in [3.8, 4) is 0 Å². The summed E-state index contributed by atoms with van der Waals surface area (Å²) in [7, 11) is 1.37. The van der Waals surface area contributed by atoms with Gasteiger partial charge in [-0.15, -0.1) is 0 Å². The lowest BCUT2D eigenvalue weighted by Crippen LogP contribution is -2.37. The Balaban J connectivity index is 1.58.